The molecule has 1 saturated heterocycles. The van der Waals surface area contributed by atoms with Crippen molar-refractivity contribution in [2.45, 2.75) is 20.3 Å². The van der Waals surface area contributed by atoms with Crippen LogP contribution in [0.4, 0.5) is 4.79 Å². The Labute approximate surface area is 116 Å². The van der Waals surface area contributed by atoms with Crippen LogP contribution < -0.4 is 40.2 Å². The first kappa shape index (κ1) is 15.3. The molecule has 0 saturated carbocycles. The number of hydrogen-bond acceptors (Lipinski definition) is 3. The SMILES string of the molecule is C=CCC1(C(C)C)C(=O)NC(=O)NC1=O.[Na+]. The van der Waals surface area contributed by atoms with Gasteiger partial charge in [-0.3, -0.25) is 20.2 Å². The molecule has 16 heavy (non-hydrogen) atoms. The minimum atomic E-state index is -1.21. The summed E-state index contributed by atoms with van der Waals surface area (Å²) in [6, 6.07) is -0.759. The molecule has 1 heterocycles. The molecule has 0 bridgehead atoms. The summed E-state index contributed by atoms with van der Waals surface area (Å²) < 4.78 is 0. The van der Waals surface area contributed by atoms with Gasteiger partial charge in [-0.25, -0.2) is 4.79 Å². The Hall–Kier alpha value is -0.650. The zero-order valence-corrected chi connectivity index (χ0v) is 11.8. The van der Waals surface area contributed by atoms with E-state index in [9.17, 15) is 14.4 Å². The van der Waals surface area contributed by atoms with Crippen molar-refractivity contribution in [3.05, 3.63) is 12.7 Å². The maximum Gasteiger partial charge on any atom is 1.00 e. The third-order valence-electron chi connectivity index (χ3n) is 2.72. The van der Waals surface area contributed by atoms with Crippen molar-refractivity contribution in [1.29, 1.82) is 0 Å². The zero-order chi connectivity index (χ0) is 11.6. The van der Waals surface area contributed by atoms with Gasteiger partial charge >= 0.3 is 35.6 Å². The third-order valence-corrected chi connectivity index (χ3v) is 2.72. The predicted molar refractivity (Wildman–Crippen MR) is 53.8 cm³/mol. The van der Waals surface area contributed by atoms with Gasteiger partial charge in [0.15, 0.2) is 0 Å². The Bertz CT molecular complexity index is 319. The molecule has 1 aliphatic heterocycles. The average molecular weight is 233 g/mol. The van der Waals surface area contributed by atoms with Gasteiger partial charge < -0.3 is 0 Å². The van der Waals surface area contributed by atoms with E-state index >= 15 is 0 Å². The van der Waals surface area contributed by atoms with E-state index in [0.717, 1.165) is 0 Å². The molecule has 4 amide bonds. The van der Waals surface area contributed by atoms with E-state index in [4.69, 9.17) is 0 Å². The normalized spacial score (nSPS) is 18.6. The summed E-state index contributed by atoms with van der Waals surface area (Å²) in [6.07, 6.45) is 1.73. The second-order valence-electron chi connectivity index (χ2n) is 3.86. The molecule has 1 rings (SSSR count). The van der Waals surface area contributed by atoms with Gasteiger partial charge in [0, 0.05) is 0 Å². The second kappa shape index (κ2) is 5.61. The first-order valence-electron chi connectivity index (χ1n) is 4.73. The maximum atomic E-state index is 11.7. The summed E-state index contributed by atoms with van der Waals surface area (Å²) in [5.74, 6) is -1.30. The van der Waals surface area contributed by atoms with Gasteiger partial charge in [0.25, 0.3) is 0 Å². The number of carbonyl (C=O) groups excluding carboxylic acids is 3. The third kappa shape index (κ3) is 2.36. The molecule has 0 aromatic heterocycles. The molecule has 0 unspecified atom stereocenters. The number of hydrogen-bond donors (Lipinski definition) is 2. The molecule has 1 fully saturated rings. The summed E-state index contributed by atoms with van der Waals surface area (Å²) in [6.45, 7) is 7.05. The molecule has 0 aromatic carbocycles. The minimum absolute atomic E-state index is 0. The molecule has 0 atom stereocenters. The van der Waals surface area contributed by atoms with Crippen molar-refractivity contribution < 1.29 is 43.9 Å². The van der Waals surface area contributed by atoms with E-state index < -0.39 is 23.3 Å². The quantitative estimate of drug-likeness (QED) is 0.323. The Morgan fingerprint density at radius 3 is 2.00 bits per heavy atom. The molecular weight excluding hydrogens is 219 g/mol. The molecule has 0 aromatic rings. The van der Waals surface area contributed by atoms with Crippen LogP contribution in [0.25, 0.3) is 0 Å². The van der Waals surface area contributed by atoms with Crippen LogP contribution in [0, 0.1) is 11.3 Å². The molecule has 6 heteroatoms. The summed E-state index contributed by atoms with van der Waals surface area (Å²) in [7, 11) is 0. The van der Waals surface area contributed by atoms with Crippen molar-refractivity contribution in [1.82, 2.24) is 10.6 Å². The van der Waals surface area contributed by atoms with E-state index in [2.05, 4.69) is 17.2 Å². The predicted octanol–water partition coefficient (Wildman–Crippen LogP) is -2.43. The van der Waals surface area contributed by atoms with Gasteiger partial charge in [-0.15, -0.1) is 6.58 Å². The smallest absolute Gasteiger partial charge is 0.277 e. The van der Waals surface area contributed by atoms with E-state index in [1.54, 1.807) is 13.8 Å². The van der Waals surface area contributed by atoms with Crippen molar-refractivity contribution in [3.63, 3.8) is 0 Å². The molecule has 5 nitrogen and oxygen atoms in total. The van der Waals surface area contributed by atoms with E-state index in [-0.39, 0.29) is 41.9 Å². The first-order valence-corrected chi connectivity index (χ1v) is 4.73. The Morgan fingerprint density at radius 1 is 1.25 bits per heavy atom. The molecule has 1 aliphatic rings. The number of nitrogens with one attached hydrogen (secondary N) is 2. The van der Waals surface area contributed by atoms with Gasteiger partial charge in [-0.1, -0.05) is 19.9 Å². The second-order valence-corrected chi connectivity index (χ2v) is 3.86. The molecule has 0 spiro atoms. The zero-order valence-electron chi connectivity index (χ0n) is 9.79. The molecule has 2 N–H and O–H groups in total. The summed E-state index contributed by atoms with van der Waals surface area (Å²) in [4.78, 5) is 34.4. The average Bonchev–Trinajstić information content (AvgIpc) is 2.10. The van der Waals surface area contributed by atoms with E-state index in [1.165, 1.54) is 6.08 Å². The molecule has 0 radical (unpaired) electrons. The molecule has 0 aliphatic carbocycles. The van der Waals surface area contributed by atoms with Crippen molar-refractivity contribution in [2.75, 3.05) is 0 Å². The van der Waals surface area contributed by atoms with Crippen LogP contribution in [0.5, 0.6) is 0 Å². The van der Waals surface area contributed by atoms with E-state index in [0.29, 0.717) is 0 Å². The van der Waals surface area contributed by atoms with Gasteiger partial charge in [0.05, 0.1) is 0 Å². The fourth-order valence-corrected chi connectivity index (χ4v) is 1.74. The van der Waals surface area contributed by atoms with Gasteiger partial charge in [0.2, 0.25) is 11.8 Å². The fourth-order valence-electron chi connectivity index (χ4n) is 1.74. The van der Waals surface area contributed by atoms with Crippen molar-refractivity contribution >= 4 is 17.8 Å². The number of urea groups is 1. The largest absolute Gasteiger partial charge is 1.00 e. The van der Waals surface area contributed by atoms with Crippen LogP contribution >= 0.6 is 0 Å². The standard InChI is InChI=1S/C10H14N2O3.Na/c1-4-5-10(6(2)3)7(13)11-9(15)12-8(10)14;/h4,6H,1,5H2,2-3H3,(H2,11,12,13,14,15);/q;+1. The first-order chi connectivity index (χ1) is 6.95. The Balaban J connectivity index is 0.00000225. The van der Waals surface area contributed by atoms with Crippen molar-refractivity contribution in [3.8, 4) is 0 Å². The van der Waals surface area contributed by atoms with Crippen LogP contribution in [0.2, 0.25) is 0 Å². The number of allylic oxidation sites excluding steroid dienone is 1. The van der Waals surface area contributed by atoms with Crippen LogP contribution in [0.1, 0.15) is 20.3 Å². The number of barbiturate groups is 1. The number of carbonyl (C=O) groups is 3. The van der Waals surface area contributed by atoms with Crippen molar-refractivity contribution in [2.24, 2.45) is 11.3 Å². The monoisotopic (exact) mass is 233 g/mol. The van der Waals surface area contributed by atoms with Crippen LogP contribution in [-0.4, -0.2) is 17.8 Å². The number of imide groups is 2. The minimum Gasteiger partial charge on any atom is -0.277 e. The van der Waals surface area contributed by atoms with Crippen LogP contribution in [0.15, 0.2) is 12.7 Å². The maximum absolute atomic E-state index is 11.7. The van der Waals surface area contributed by atoms with Gasteiger partial charge in [-0.2, -0.15) is 0 Å². The molecular formula is C10H14N2NaO3+. The van der Waals surface area contributed by atoms with E-state index in [1.807, 2.05) is 0 Å². The summed E-state index contributed by atoms with van der Waals surface area (Å²) in [5.41, 5.74) is -1.21. The topological polar surface area (TPSA) is 75.3 Å². The van der Waals surface area contributed by atoms with Crippen LogP contribution in [0.3, 0.4) is 0 Å². The number of amides is 4. The number of rotatable bonds is 3. The Kier molecular flexibility index (Phi) is 5.38. The van der Waals surface area contributed by atoms with Gasteiger partial charge in [-0.05, 0) is 12.3 Å². The fraction of sp³-hybridized carbons (Fsp3) is 0.500. The summed E-state index contributed by atoms with van der Waals surface area (Å²) in [5, 5.41) is 4.22. The van der Waals surface area contributed by atoms with Gasteiger partial charge in [0.1, 0.15) is 5.41 Å². The molecule has 82 valence electrons. The van der Waals surface area contributed by atoms with Crippen LogP contribution in [-0.2, 0) is 9.59 Å². The summed E-state index contributed by atoms with van der Waals surface area (Å²) >= 11 is 0. The Morgan fingerprint density at radius 2 is 1.69 bits per heavy atom.